The third-order valence-electron chi connectivity index (χ3n) is 3.18. The fourth-order valence-electron chi connectivity index (χ4n) is 2.35. The molecule has 0 aromatic carbocycles. The van der Waals surface area contributed by atoms with Crippen molar-refractivity contribution in [2.45, 2.75) is 54.0 Å². The van der Waals surface area contributed by atoms with E-state index in [9.17, 15) is 4.79 Å². The summed E-state index contributed by atoms with van der Waals surface area (Å²) in [6, 6.07) is 0.489. The third kappa shape index (κ3) is 10.5. The number of amides is 1. The molecule has 9 nitrogen and oxygen atoms in total. The minimum atomic E-state index is -3.40. The van der Waals surface area contributed by atoms with Crippen LogP contribution in [0.3, 0.4) is 0 Å². The molecule has 0 aliphatic carbocycles. The monoisotopic (exact) mass is 427 g/mol. The Kier molecular flexibility index (Phi) is 15.1. The normalized spacial score (nSPS) is 12.2. The molecule has 0 aromatic heterocycles. The summed E-state index contributed by atoms with van der Waals surface area (Å²) in [5.74, 6) is 0. The zero-order valence-electron chi connectivity index (χ0n) is 17.6. The van der Waals surface area contributed by atoms with Gasteiger partial charge in [-0.3, -0.25) is 0 Å². The van der Waals surface area contributed by atoms with E-state index in [1.807, 2.05) is 34.6 Å². The van der Waals surface area contributed by atoms with E-state index < -0.39 is 23.9 Å². The SMILES string of the molecule is CCOC(=O)NCCC[Si](OCC)(OCC)O[Si](OCC)(OCC)OCC. The van der Waals surface area contributed by atoms with Gasteiger partial charge in [-0.15, -0.1) is 0 Å². The van der Waals surface area contributed by atoms with Crippen molar-refractivity contribution < 1.29 is 35.8 Å². The van der Waals surface area contributed by atoms with Crippen LogP contribution in [0.5, 0.6) is 0 Å². The van der Waals surface area contributed by atoms with Gasteiger partial charge in [0.15, 0.2) is 0 Å². The lowest BCUT2D eigenvalue weighted by atomic mass is 10.5. The Labute approximate surface area is 165 Å². The van der Waals surface area contributed by atoms with Gasteiger partial charge in [0.25, 0.3) is 0 Å². The predicted molar refractivity (Wildman–Crippen MR) is 105 cm³/mol. The summed E-state index contributed by atoms with van der Waals surface area (Å²) in [6.07, 6.45) is 0.153. The molecule has 162 valence electrons. The second-order valence-electron chi connectivity index (χ2n) is 5.20. The molecule has 0 unspecified atom stereocenters. The zero-order valence-corrected chi connectivity index (χ0v) is 19.6. The third-order valence-corrected chi connectivity index (χ3v) is 9.77. The number of carbonyl (C=O) groups is 1. The molecule has 27 heavy (non-hydrogen) atoms. The van der Waals surface area contributed by atoms with Gasteiger partial charge in [0, 0.05) is 45.6 Å². The highest BCUT2D eigenvalue weighted by Gasteiger charge is 2.56. The van der Waals surface area contributed by atoms with Crippen molar-refractivity contribution in [2.24, 2.45) is 0 Å². The Balaban J connectivity index is 5.22. The van der Waals surface area contributed by atoms with Crippen molar-refractivity contribution in [1.29, 1.82) is 0 Å². The Hall–Kier alpha value is -0.536. The van der Waals surface area contributed by atoms with Crippen molar-refractivity contribution in [3.63, 3.8) is 0 Å². The average Bonchev–Trinajstić information content (AvgIpc) is 2.60. The van der Waals surface area contributed by atoms with Crippen molar-refractivity contribution in [3.05, 3.63) is 0 Å². The molecule has 0 radical (unpaired) electrons. The lowest BCUT2D eigenvalue weighted by molar-refractivity contribution is -0.0224. The van der Waals surface area contributed by atoms with E-state index in [1.54, 1.807) is 6.92 Å². The van der Waals surface area contributed by atoms with Crippen LogP contribution in [0, 0.1) is 0 Å². The van der Waals surface area contributed by atoms with Crippen LogP contribution >= 0.6 is 0 Å². The molecule has 0 fully saturated rings. The Morgan fingerprint density at radius 1 is 0.741 bits per heavy atom. The summed E-state index contributed by atoms with van der Waals surface area (Å²) in [5, 5.41) is 2.69. The lowest BCUT2D eigenvalue weighted by Gasteiger charge is -2.36. The van der Waals surface area contributed by atoms with Gasteiger partial charge in [-0.05, 0) is 48.0 Å². The molecule has 1 amide bonds. The van der Waals surface area contributed by atoms with Crippen molar-refractivity contribution in [2.75, 3.05) is 46.2 Å². The largest absolute Gasteiger partial charge is 0.672 e. The predicted octanol–water partition coefficient (Wildman–Crippen LogP) is 2.70. The van der Waals surface area contributed by atoms with Crippen LogP contribution in [0.25, 0.3) is 0 Å². The maximum atomic E-state index is 11.4. The minimum absolute atomic E-state index is 0.330. The molecule has 1 N–H and O–H groups in total. The van der Waals surface area contributed by atoms with E-state index in [0.29, 0.717) is 58.7 Å². The number of hydrogen-bond acceptors (Lipinski definition) is 8. The number of ether oxygens (including phenoxy) is 1. The quantitative estimate of drug-likeness (QED) is 0.280. The molecule has 0 aliphatic rings. The summed E-state index contributed by atoms with van der Waals surface area (Å²) in [7, 11) is -6.54. The first-order valence-electron chi connectivity index (χ1n) is 9.77. The van der Waals surface area contributed by atoms with E-state index >= 15 is 0 Å². The summed E-state index contributed by atoms with van der Waals surface area (Å²) < 4.78 is 40.5. The molecule has 0 atom stereocenters. The van der Waals surface area contributed by atoms with Gasteiger partial charge in [-0.2, -0.15) is 0 Å². The fourth-order valence-corrected chi connectivity index (χ4v) is 8.63. The molecule has 0 aliphatic heterocycles. The minimum Gasteiger partial charge on any atom is -0.450 e. The van der Waals surface area contributed by atoms with Gasteiger partial charge >= 0.3 is 23.9 Å². The summed E-state index contributed by atoms with van der Waals surface area (Å²) in [4.78, 5) is 11.4. The van der Waals surface area contributed by atoms with E-state index in [0.717, 1.165) is 0 Å². The molecular formula is C16H37NO8Si2. The van der Waals surface area contributed by atoms with E-state index in [1.165, 1.54) is 0 Å². The van der Waals surface area contributed by atoms with Gasteiger partial charge in [0.05, 0.1) is 6.61 Å². The molecule has 0 saturated heterocycles. The number of rotatable bonds is 17. The summed E-state index contributed by atoms with van der Waals surface area (Å²) in [5.41, 5.74) is 0. The van der Waals surface area contributed by atoms with Gasteiger partial charge in [0.2, 0.25) is 0 Å². The Morgan fingerprint density at radius 3 is 1.63 bits per heavy atom. The average molecular weight is 428 g/mol. The lowest BCUT2D eigenvalue weighted by Crippen LogP contribution is -2.60. The molecule has 0 rings (SSSR count). The smallest absolute Gasteiger partial charge is 0.450 e. The van der Waals surface area contributed by atoms with Gasteiger partial charge in [0.1, 0.15) is 0 Å². The number of carbonyl (C=O) groups excluding carboxylic acids is 1. The number of alkyl carbamates (subject to hydrolysis) is 1. The zero-order chi connectivity index (χ0) is 20.6. The molecule has 0 aromatic rings. The molecule has 0 saturated carbocycles. The standard InChI is InChI=1S/C16H37NO8Si2/c1-7-19-16(18)17-14-13-15-26(20-8-2,21-9-3)25-27(22-10-4,23-11-5)24-12-6/h7-15H2,1-6H3,(H,17,18). The first-order chi connectivity index (χ1) is 13.0. The van der Waals surface area contributed by atoms with Gasteiger partial charge < -0.3 is 36.3 Å². The summed E-state index contributed by atoms with van der Waals surface area (Å²) in [6.45, 7) is 13.9. The maximum Gasteiger partial charge on any atom is 0.672 e. The first-order valence-corrected chi connectivity index (χ1v) is 13.3. The number of hydrogen-bond donors (Lipinski definition) is 1. The van der Waals surface area contributed by atoms with Gasteiger partial charge in [-0.25, -0.2) is 4.79 Å². The van der Waals surface area contributed by atoms with Crippen molar-refractivity contribution >= 4 is 23.9 Å². The number of nitrogens with one attached hydrogen (secondary N) is 1. The highest BCUT2D eigenvalue weighted by atomic mass is 28.5. The maximum absolute atomic E-state index is 11.4. The molecular weight excluding hydrogens is 390 g/mol. The summed E-state index contributed by atoms with van der Waals surface area (Å²) >= 11 is 0. The van der Waals surface area contributed by atoms with Crippen LogP contribution in [-0.4, -0.2) is 70.1 Å². The van der Waals surface area contributed by atoms with Gasteiger partial charge in [-0.1, -0.05) is 0 Å². The van der Waals surface area contributed by atoms with E-state index in [-0.39, 0.29) is 0 Å². The van der Waals surface area contributed by atoms with E-state index in [4.69, 9.17) is 31.0 Å². The molecule has 0 bridgehead atoms. The molecule has 0 heterocycles. The molecule has 11 heteroatoms. The highest BCUT2D eigenvalue weighted by molar-refractivity contribution is 6.72. The highest BCUT2D eigenvalue weighted by Crippen LogP contribution is 2.25. The van der Waals surface area contributed by atoms with Crippen LogP contribution < -0.4 is 5.32 Å². The van der Waals surface area contributed by atoms with Crippen molar-refractivity contribution in [3.8, 4) is 0 Å². The van der Waals surface area contributed by atoms with Crippen LogP contribution in [0.15, 0.2) is 0 Å². The second-order valence-corrected chi connectivity index (χ2v) is 10.3. The Morgan fingerprint density at radius 2 is 1.22 bits per heavy atom. The second kappa shape index (κ2) is 15.4. The first kappa shape index (κ1) is 26.5. The van der Waals surface area contributed by atoms with Crippen LogP contribution in [0.1, 0.15) is 48.0 Å². The topological polar surface area (TPSA) is 93.7 Å². The Bertz CT molecular complexity index is 366. The van der Waals surface area contributed by atoms with Crippen LogP contribution in [-0.2, 0) is 31.0 Å². The van der Waals surface area contributed by atoms with Crippen LogP contribution in [0.4, 0.5) is 4.79 Å². The molecule has 0 spiro atoms. The van der Waals surface area contributed by atoms with E-state index in [2.05, 4.69) is 5.32 Å². The fraction of sp³-hybridized carbons (Fsp3) is 0.938. The van der Waals surface area contributed by atoms with Crippen molar-refractivity contribution in [1.82, 2.24) is 5.32 Å². The van der Waals surface area contributed by atoms with Crippen LogP contribution in [0.2, 0.25) is 6.04 Å².